The van der Waals surface area contributed by atoms with Crippen LogP contribution in [0.3, 0.4) is 0 Å². The van der Waals surface area contributed by atoms with Gasteiger partial charge in [-0.25, -0.2) is 4.39 Å². The van der Waals surface area contributed by atoms with Gasteiger partial charge in [0, 0.05) is 22.7 Å². The first kappa shape index (κ1) is 17.2. The molecule has 4 nitrogen and oxygen atoms in total. The van der Waals surface area contributed by atoms with Crippen LogP contribution in [0.2, 0.25) is 5.02 Å². The Bertz CT molecular complexity index is 1010. The molecule has 1 amide bonds. The van der Waals surface area contributed by atoms with Gasteiger partial charge in [0.1, 0.15) is 5.82 Å². The van der Waals surface area contributed by atoms with Gasteiger partial charge in [0.05, 0.1) is 5.52 Å². The summed E-state index contributed by atoms with van der Waals surface area (Å²) in [6.07, 6.45) is 0.440. The van der Waals surface area contributed by atoms with Crippen LogP contribution in [0.15, 0.2) is 47.3 Å². The standard InChI is InChI=1S/C19H16ClFN2O2/c1-11-15(20)3-2-4-16(11)22-18(24)8-6-13-9-12-5-7-14(21)10-17(12)23-19(13)25/h2-5,7,9-10H,6,8H2,1H3,(H,22,24)(H,23,25). The van der Waals surface area contributed by atoms with E-state index in [1.807, 2.05) is 6.92 Å². The van der Waals surface area contributed by atoms with Crippen molar-refractivity contribution < 1.29 is 9.18 Å². The lowest BCUT2D eigenvalue weighted by Gasteiger charge is -2.09. The number of H-pyrrole nitrogens is 1. The summed E-state index contributed by atoms with van der Waals surface area (Å²) < 4.78 is 13.2. The molecule has 0 radical (unpaired) electrons. The van der Waals surface area contributed by atoms with E-state index < -0.39 is 5.82 Å². The normalized spacial score (nSPS) is 10.8. The number of carbonyl (C=O) groups excluding carboxylic acids is 1. The van der Waals surface area contributed by atoms with Crippen LogP contribution in [-0.2, 0) is 11.2 Å². The second-order valence-electron chi connectivity index (χ2n) is 5.82. The van der Waals surface area contributed by atoms with Crippen molar-refractivity contribution in [2.24, 2.45) is 0 Å². The first-order valence-corrected chi connectivity index (χ1v) is 8.18. The second kappa shape index (κ2) is 7.07. The summed E-state index contributed by atoms with van der Waals surface area (Å²) in [6, 6.07) is 11.2. The number of nitrogens with one attached hydrogen (secondary N) is 2. The Labute approximate surface area is 148 Å². The van der Waals surface area contributed by atoms with Crippen LogP contribution >= 0.6 is 11.6 Å². The first-order valence-electron chi connectivity index (χ1n) is 7.80. The molecule has 2 aromatic carbocycles. The number of fused-ring (bicyclic) bond motifs is 1. The van der Waals surface area contributed by atoms with Crippen LogP contribution in [0.25, 0.3) is 10.9 Å². The zero-order valence-electron chi connectivity index (χ0n) is 13.5. The third-order valence-electron chi connectivity index (χ3n) is 4.05. The molecule has 2 N–H and O–H groups in total. The van der Waals surface area contributed by atoms with Gasteiger partial charge in [0.15, 0.2) is 0 Å². The molecular formula is C19H16ClFN2O2. The maximum atomic E-state index is 13.2. The first-order chi connectivity index (χ1) is 11.9. The Morgan fingerprint density at radius 3 is 2.84 bits per heavy atom. The van der Waals surface area contributed by atoms with Crippen LogP contribution in [0.4, 0.5) is 10.1 Å². The molecule has 0 aliphatic rings. The minimum Gasteiger partial charge on any atom is -0.326 e. The Balaban J connectivity index is 1.73. The highest BCUT2D eigenvalue weighted by Crippen LogP contribution is 2.23. The van der Waals surface area contributed by atoms with Crippen molar-refractivity contribution in [3.05, 3.63) is 74.8 Å². The minimum atomic E-state index is -0.410. The third kappa shape index (κ3) is 3.88. The van der Waals surface area contributed by atoms with E-state index in [1.165, 1.54) is 12.1 Å². The molecule has 0 bridgehead atoms. The van der Waals surface area contributed by atoms with Crippen molar-refractivity contribution in [3.63, 3.8) is 0 Å². The second-order valence-corrected chi connectivity index (χ2v) is 6.22. The van der Waals surface area contributed by atoms with Gasteiger partial charge in [0.2, 0.25) is 5.91 Å². The molecule has 0 unspecified atom stereocenters. The van der Waals surface area contributed by atoms with Gasteiger partial charge >= 0.3 is 0 Å². The van der Waals surface area contributed by atoms with Crippen molar-refractivity contribution in [2.45, 2.75) is 19.8 Å². The molecule has 0 fully saturated rings. The molecule has 0 saturated heterocycles. The molecule has 3 aromatic rings. The summed E-state index contributed by atoms with van der Waals surface area (Å²) in [5, 5.41) is 4.10. The Hall–Kier alpha value is -2.66. The van der Waals surface area contributed by atoms with Gasteiger partial charge in [-0.15, -0.1) is 0 Å². The zero-order valence-corrected chi connectivity index (χ0v) is 14.3. The van der Waals surface area contributed by atoms with Gasteiger partial charge in [-0.2, -0.15) is 0 Å². The number of benzene rings is 2. The fraction of sp³-hybridized carbons (Fsp3) is 0.158. The SMILES string of the molecule is Cc1c(Cl)cccc1NC(=O)CCc1cc2ccc(F)cc2[nH]c1=O. The Morgan fingerprint density at radius 2 is 2.04 bits per heavy atom. The number of aromatic nitrogens is 1. The lowest BCUT2D eigenvalue weighted by atomic mass is 10.1. The fourth-order valence-electron chi connectivity index (χ4n) is 2.61. The molecule has 0 aliphatic heterocycles. The lowest BCUT2D eigenvalue weighted by Crippen LogP contribution is -2.17. The number of pyridine rings is 1. The molecule has 25 heavy (non-hydrogen) atoms. The monoisotopic (exact) mass is 358 g/mol. The van der Waals surface area contributed by atoms with Gasteiger partial charge in [-0.3, -0.25) is 9.59 Å². The molecule has 1 aromatic heterocycles. The molecule has 0 atom stereocenters. The van der Waals surface area contributed by atoms with Gasteiger partial charge in [-0.1, -0.05) is 17.7 Å². The van der Waals surface area contributed by atoms with Crippen molar-refractivity contribution in [1.29, 1.82) is 0 Å². The maximum Gasteiger partial charge on any atom is 0.251 e. The van der Waals surface area contributed by atoms with E-state index in [-0.39, 0.29) is 24.3 Å². The number of hydrogen-bond acceptors (Lipinski definition) is 2. The Morgan fingerprint density at radius 1 is 1.24 bits per heavy atom. The summed E-state index contributed by atoms with van der Waals surface area (Å²) in [4.78, 5) is 26.9. The van der Waals surface area contributed by atoms with Crippen LogP contribution in [0.5, 0.6) is 0 Å². The minimum absolute atomic E-state index is 0.154. The quantitative estimate of drug-likeness (QED) is 0.734. The smallest absolute Gasteiger partial charge is 0.251 e. The highest BCUT2D eigenvalue weighted by Gasteiger charge is 2.09. The molecule has 0 spiro atoms. The van der Waals surface area contributed by atoms with Gasteiger partial charge in [0.25, 0.3) is 5.56 Å². The van der Waals surface area contributed by atoms with Crippen molar-refractivity contribution in [1.82, 2.24) is 4.98 Å². The number of aromatic amines is 1. The van der Waals surface area contributed by atoms with E-state index in [0.29, 0.717) is 21.8 Å². The van der Waals surface area contributed by atoms with Crippen molar-refractivity contribution in [3.8, 4) is 0 Å². The van der Waals surface area contributed by atoms with Crippen molar-refractivity contribution in [2.75, 3.05) is 5.32 Å². The summed E-state index contributed by atoms with van der Waals surface area (Å²) in [5.74, 6) is -0.615. The predicted molar refractivity (Wildman–Crippen MR) is 97.7 cm³/mol. The number of aryl methyl sites for hydroxylation is 1. The predicted octanol–water partition coefficient (Wildman–Crippen LogP) is 4.20. The average molecular weight is 359 g/mol. The highest BCUT2D eigenvalue weighted by molar-refractivity contribution is 6.31. The maximum absolute atomic E-state index is 13.2. The average Bonchev–Trinajstić information content (AvgIpc) is 2.57. The molecule has 6 heteroatoms. The molecular weight excluding hydrogens is 343 g/mol. The Kier molecular flexibility index (Phi) is 4.86. The number of carbonyl (C=O) groups is 1. The number of amides is 1. The van der Waals surface area contributed by atoms with E-state index in [1.54, 1.807) is 30.3 Å². The highest BCUT2D eigenvalue weighted by atomic mass is 35.5. The van der Waals surface area contributed by atoms with Crippen LogP contribution in [-0.4, -0.2) is 10.9 Å². The number of anilines is 1. The summed E-state index contributed by atoms with van der Waals surface area (Å²) >= 11 is 6.03. The van der Waals surface area contributed by atoms with Crippen molar-refractivity contribution >= 4 is 34.1 Å². The molecule has 0 saturated carbocycles. The number of rotatable bonds is 4. The summed E-state index contributed by atoms with van der Waals surface area (Å²) in [7, 11) is 0. The largest absolute Gasteiger partial charge is 0.326 e. The van der Waals surface area contributed by atoms with E-state index in [9.17, 15) is 14.0 Å². The van der Waals surface area contributed by atoms with E-state index in [2.05, 4.69) is 10.3 Å². The van der Waals surface area contributed by atoms with E-state index >= 15 is 0 Å². The number of halogens is 2. The third-order valence-corrected chi connectivity index (χ3v) is 4.46. The molecule has 128 valence electrons. The molecule has 0 aliphatic carbocycles. The zero-order chi connectivity index (χ0) is 18.0. The topological polar surface area (TPSA) is 62.0 Å². The summed E-state index contributed by atoms with van der Waals surface area (Å²) in [6.45, 7) is 1.82. The van der Waals surface area contributed by atoms with E-state index in [4.69, 9.17) is 11.6 Å². The molecule has 3 rings (SSSR count). The van der Waals surface area contributed by atoms with E-state index in [0.717, 1.165) is 10.9 Å². The van der Waals surface area contributed by atoms with Gasteiger partial charge in [-0.05, 0) is 60.7 Å². The lowest BCUT2D eigenvalue weighted by molar-refractivity contribution is -0.116. The molecule has 1 heterocycles. The van der Waals surface area contributed by atoms with Gasteiger partial charge < -0.3 is 10.3 Å². The summed E-state index contributed by atoms with van der Waals surface area (Å²) in [5.41, 5.74) is 2.05. The van der Waals surface area contributed by atoms with Crippen LogP contribution in [0.1, 0.15) is 17.5 Å². The number of hydrogen-bond donors (Lipinski definition) is 2. The fourth-order valence-corrected chi connectivity index (χ4v) is 2.78. The van der Waals surface area contributed by atoms with Crippen LogP contribution in [0, 0.1) is 12.7 Å². The van der Waals surface area contributed by atoms with Crippen LogP contribution < -0.4 is 10.9 Å².